The molecule has 2 rings (SSSR count). The number of nitrogens with zero attached hydrogens (tertiary/aromatic N) is 2. The fraction of sp³-hybridized carbons (Fsp3) is 0.167. The first-order valence-electron chi connectivity index (χ1n) is 5.39. The van der Waals surface area contributed by atoms with Crippen LogP contribution in [0.15, 0.2) is 30.6 Å². The smallest absolute Gasteiger partial charge is 0.419 e. The maximum Gasteiger partial charge on any atom is 0.419 e. The van der Waals surface area contributed by atoms with Crippen molar-refractivity contribution in [3.8, 4) is 0 Å². The lowest BCUT2D eigenvalue weighted by Crippen LogP contribution is -2.08. The van der Waals surface area contributed by atoms with Gasteiger partial charge in [-0.1, -0.05) is 0 Å². The van der Waals surface area contributed by atoms with E-state index in [1.807, 2.05) is 0 Å². The van der Waals surface area contributed by atoms with Crippen molar-refractivity contribution in [2.24, 2.45) is 0 Å². The maximum atomic E-state index is 13.1. The lowest BCUT2D eigenvalue weighted by Gasteiger charge is -2.06. The minimum atomic E-state index is -4.53. The molecule has 1 N–H and O–H groups in total. The Morgan fingerprint density at radius 2 is 2.05 bits per heavy atom. The summed E-state index contributed by atoms with van der Waals surface area (Å²) >= 11 is 0. The summed E-state index contributed by atoms with van der Waals surface area (Å²) in [6.07, 6.45) is -3.17. The Hall–Kier alpha value is -2.38. The Bertz CT molecular complexity index is 649. The highest BCUT2D eigenvalue weighted by Gasteiger charge is 2.32. The number of alkyl halides is 3. The molecule has 0 aliphatic carbocycles. The highest BCUT2D eigenvalue weighted by Crippen LogP contribution is 2.28. The van der Waals surface area contributed by atoms with Crippen molar-refractivity contribution in [1.82, 2.24) is 9.78 Å². The molecule has 20 heavy (non-hydrogen) atoms. The SMILES string of the molecule is O=C(O)c1ccc(F)cc1Cn1cc(C(F)(F)F)cn1. The summed E-state index contributed by atoms with van der Waals surface area (Å²) < 4.78 is 51.2. The van der Waals surface area contributed by atoms with Gasteiger partial charge in [0.1, 0.15) is 5.82 Å². The average molecular weight is 288 g/mol. The third kappa shape index (κ3) is 2.95. The van der Waals surface area contributed by atoms with Crippen molar-refractivity contribution < 1.29 is 27.5 Å². The number of carboxylic acid groups (broad SMARTS) is 1. The molecule has 0 spiro atoms. The summed E-state index contributed by atoms with van der Waals surface area (Å²) in [7, 11) is 0. The summed E-state index contributed by atoms with van der Waals surface area (Å²) in [4.78, 5) is 11.0. The van der Waals surface area contributed by atoms with Gasteiger partial charge in [0.25, 0.3) is 0 Å². The van der Waals surface area contributed by atoms with Crippen molar-refractivity contribution in [1.29, 1.82) is 0 Å². The molecule has 0 saturated heterocycles. The van der Waals surface area contributed by atoms with Gasteiger partial charge < -0.3 is 5.11 Å². The highest BCUT2D eigenvalue weighted by atomic mass is 19.4. The van der Waals surface area contributed by atoms with E-state index in [0.717, 1.165) is 29.1 Å². The molecular formula is C12H8F4N2O2. The number of carboxylic acids is 1. The highest BCUT2D eigenvalue weighted by molar-refractivity contribution is 5.89. The van der Waals surface area contributed by atoms with Gasteiger partial charge in [-0.3, -0.25) is 4.68 Å². The molecule has 0 aliphatic heterocycles. The maximum absolute atomic E-state index is 13.1. The molecule has 1 aromatic carbocycles. The minimum absolute atomic E-state index is 0.0364. The summed E-state index contributed by atoms with van der Waals surface area (Å²) in [5.74, 6) is -1.96. The number of hydrogen-bond acceptors (Lipinski definition) is 2. The Balaban J connectivity index is 2.32. The predicted octanol–water partition coefficient (Wildman–Crippen LogP) is 2.79. The van der Waals surface area contributed by atoms with E-state index < -0.39 is 23.5 Å². The normalized spacial score (nSPS) is 11.6. The van der Waals surface area contributed by atoms with Gasteiger partial charge in [-0.15, -0.1) is 0 Å². The zero-order valence-electron chi connectivity index (χ0n) is 9.86. The molecule has 0 radical (unpaired) electrons. The van der Waals surface area contributed by atoms with Gasteiger partial charge in [-0.05, 0) is 23.8 Å². The first-order valence-corrected chi connectivity index (χ1v) is 5.39. The predicted molar refractivity (Wildman–Crippen MR) is 59.7 cm³/mol. The molecule has 0 aliphatic rings. The Labute approximate surface area is 110 Å². The molecule has 106 valence electrons. The van der Waals surface area contributed by atoms with E-state index in [1.54, 1.807) is 0 Å². The topological polar surface area (TPSA) is 55.1 Å². The van der Waals surface area contributed by atoms with Crippen LogP contribution in [-0.4, -0.2) is 20.9 Å². The van der Waals surface area contributed by atoms with Gasteiger partial charge in [0.2, 0.25) is 0 Å². The quantitative estimate of drug-likeness (QED) is 0.884. The molecule has 0 saturated carbocycles. The standard InChI is InChI=1S/C12H8F4N2O2/c13-9-1-2-10(11(19)20)7(3-9)5-18-6-8(4-17-18)12(14,15)16/h1-4,6H,5H2,(H,19,20). The molecule has 0 fully saturated rings. The molecule has 0 unspecified atom stereocenters. The molecule has 1 heterocycles. The summed E-state index contributed by atoms with van der Waals surface area (Å²) in [5.41, 5.74) is -1.10. The lowest BCUT2D eigenvalue weighted by molar-refractivity contribution is -0.137. The van der Waals surface area contributed by atoms with Crippen LogP contribution in [0.5, 0.6) is 0 Å². The van der Waals surface area contributed by atoms with Crippen LogP contribution in [0, 0.1) is 5.82 Å². The zero-order chi connectivity index (χ0) is 14.9. The Morgan fingerprint density at radius 3 is 2.60 bits per heavy atom. The zero-order valence-corrected chi connectivity index (χ0v) is 9.86. The number of aromatic nitrogens is 2. The van der Waals surface area contributed by atoms with Gasteiger partial charge in [0.15, 0.2) is 0 Å². The van der Waals surface area contributed by atoms with Crippen LogP contribution in [0.25, 0.3) is 0 Å². The number of rotatable bonds is 3. The largest absolute Gasteiger partial charge is 0.478 e. The summed E-state index contributed by atoms with van der Waals surface area (Å²) in [6, 6.07) is 2.98. The average Bonchev–Trinajstić information content (AvgIpc) is 2.76. The Kier molecular flexibility index (Phi) is 3.47. The monoisotopic (exact) mass is 288 g/mol. The number of aromatic carboxylic acids is 1. The number of benzene rings is 1. The van der Waals surface area contributed by atoms with Crippen molar-refractivity contribution in [3.63, 3.8) is 0 Å². The first-order chi connectivity index (χ1) is 9.27. The van der Waals surface area contributed by atoms with Crippen molar-refractivity contribution >= 4 is 5.97 Å². The van der Waals surface area contributed by atoms with E-state index >= 15 is 0 Å². The van der Waals surface area contributed by atoms with E-state index in [2.05, 4.69) is 5.10 Å². The van der Waals surface area contributed by atoms with E-state index in [0.29, 0.717) is 6.20 Å². The van der Waals surface area contributed by atoms with Gasteiger partial charge in [-0.25, -0.2) is 9.18 Å². The molecule has 0 atom stereocenters. The number of hydrogen-bond donors (Lipinski definition) is 1. The molecule has 8 heteroatoms. The first kappa shape index (κ1) is 14.0. The van der Waals surface area contributed by atoms with Gasteiger partial charge in [0.05, 0.1) is 23.9 Å². The lowest BCUT2D eigenvalue weighted by atomic mass is 10.1. The second-order valence-corrected chi connectivity index (χ2v) is 4.03. The molecule has 0 bridgehead atoms. The molecule has 1 aromatic heterocycles. The van der Waals surface area contributed by atoms with E-state index in [-0.39, 0.29) is 17.7 Å². The van der Waals surface area contributed by atoms with Gasteiger partial charge in [-0.2, -0.15) is 18.3 Å². The fourth-order valence-corrected chi connectivity index (χ4v) is 1.67. The minimum Gasteiger partial charge on any atom is -0.478 e. The Morgan fingerprint density at radius 1 is 1.35 bits per heavy atom. The van der Waals surface area contributed by atoms with Crippen LogP contribution in [-0.2, 0) is 12.7 Å². The summed E-state index contributed by atoms with van der Waals surface area (Å²) in [5, 5.41) is 12.4. The van der Waals surface area contributed by atoms with E-state index in [1.165, 1.54) is 0 Å². The van der Waals surface area contributed by atoms with Crippen molar-refractivity contribution in [2.45, 2.75) is 12.7 Å². The molecular weight excluding hydrogens is 280 g/mol. The van der Waals surface area contributed by atoms with Crippen LogP contribution in [0.3, 0.4) is 0 Å². The third-order valence-corrected chi connectivity index (χ3v) is 2.59. The fourth-order valence-electron chi connectivity index (χ4n) is 1.67. The van der Waals surface area contributed by atoms with Crippen molar-refractivity contribution in [3.05, 3.63) is 53.1 Å². The van der Waals surface area contributed by atoms with Crippen LogP contribution >= 0.6 is 0 Å². The van der Waals surface area contributed by atoms with Crippen LogP contribution in [0.2, 0.25) is 0 Å². The third-order valence-electron chi connectivity index (χ3n) is 2.59. The van der Waals surface area contributed by atoms with Crippen LogP contribution in [0.4, 0.5) is 17.6 Å². The summed E-state index contributed by atoms with van der Waals surface area (Å²) in [6.45, 7) is -0.268. The van der Waals surface area contributed by atoms with E-state index in [9.17, 15) is 22.4 Å². The number of carbonyl (C=O) groups is 1. The van der Waals surface area contributed by atoms with Gasteiger partial charge >= 0.3 is 12.1 Å². The second-order valence-electron chi connectivity index (χ2n) is 4.03. The number of halogens is 4. The molecule has 0 amide bonds. The van der Waals surface area contributed by atoms with Gasteiger partial charge in [0, 0.05) is 6.20 Å². The second kappa shape index (κ2) is 4.95. The molecule has 4 nitrogen and oxygen atoms in total. The van der Waals surface area contributed by atoms with Crippen LogP contribution < -0.4 is 0 Å². The van der Waals surface area contributed by atoms with Crippen molar-refractivity contribution in [2.75, 3.05) is 0 Å². The molecule has 2 aromatic rings. The van der Waals surface area contributed by atoms with Crippen LogP contribution in [0.1, 0.15) is 21.5 Å². The van der Waals surface area contributed by atoms with E-state index in [4.69, 9.17) is 5.11 Å².